The van der Waals surface area contributed by atoms with Crippen molar-refractivity contribution in [2.75, 3.05) is 33.3 Å². The van der Waals surface area contributed by atoms with Crippen molar-refractivity contribution in [1.29, 1.82) is 0 Å². The smallest absolute Gasteiger partial charge is 0.0826 e. The maximum atomic E-state index is 5.77. The van der Waals surface area contributed by atoms with E-state index in [0.29, 0.717) is 6.10 Å². The highest BCUT2D eigenvalue weighted by molar-refractivity contribution is 5.83. The SMILES string of the molecule is CNCC1CN(Cc2cn(C)c3ccccc23)CCO1. The number of likely N-dealkylation sites (N-methyl/N-ethyl adjacent to an activating group) is 1. The maximum absolute atomic E-state index is 5.77. The van der Waals surface area contributed by atoms with E-state index in [-0.39, 0.29) is 0 Å². The van der Waals surface area contributed by atoms with Gasteiger partial charge in [0.25, 0.3) is 0 Å². The fourth-order valence-electron chi connectivity index (χ4n) is 3.07. The molecule has 0 aliphatic carbocycles. The third-order valence-electron chi connectivity index (χ3n) is 4.03. The first-order chi connectivity index (χ1) is 9.78. The standard InChI is InChI=1S/C16H23N3O/c1-17-9-14-12-19(7-8-20-14)11-13-10-18(2)16-6-4-3-5-15(13)16/h3-6,10,14,17H,7-9,11-12H2,1-2H3. The molecular formula is C16H23N3O. The Morgan fingerprint density at radius 1 is 1.35 bits per heavy atom. The molecule has 1 aromatic carbocycles. The molecule has 1 atom stereocenters. The highest BCUT2D eigenvalue weighted by atomic mass is 16.5. The maximum Gasteiger partial charge on any atom is 0.0826 e. The summed E-state index contributed by atoms with van der Waals surface area (Å²) >= 11 is 0. The van der Waals surface area contributed by atoms with Crippen molar-refractivity contribution in [3.05, 3.63) is 36.0 Å². The molecule has 4 nitrogen and oxygen atoms in total. The number of rotatable bonds is 4. The summed E-state index contributed by atoms with van der Waals surface area (Å²) in [5, 5.41) is 4.57. The Morgan fingerprint density at radius 3 is 3.05 bits per heavy atom. The van der Waals surface area contributed by atoms with Crippen LogP contribution in [0.3, 0.4) is 0 Å². The fraction of sp³-hybridized carbons (Fsp3) is 0.500. The van der Waals surface area contributed by atoms with Crippen molar-refractivity contribution in [1.82, 2.24) is 14.8 Å². The van der Waals surface area contributed by atoms with E-state index < -0.39 is 0 Å². The van der Waals surface area contributed by atoms with E-state index in [2.05, 4.69) is 52.3 Å². The largest absolute Gasteiger partial charge is 0.374 e. The number of para-hydroxylation sites is 1. The molecule has 0 radical (unpaired) electrons. The molecule has 3 rings (SSSR count). The normalized spacial score (nSPS) is 20.6. The van der Waals surface area contributed by atoms with E-state index in [9.17, 15) is 0 Å². The number of ether oxygens (including phenoxy) is 1. The monoisotopic (exact) mass is 273 g/mol. The predicted octanol–water partition coefficient (Wildman–Crippen LogP) is 1.60. The molecule has 1 unspecified atom stereocenters. The number of hydrogen-bond acceptors (Lipinski definition) is 3. The van der Waals surface area contributed by atoms with Gasteiger partial charge in [0.05, 0.1) is 12.7 Å². The minimum Gasteiger partial charge on any atom is -0.374 e. The van der Waals surface area contributed by atoms with Crippen LogP contribution in [0.4, 0.5) is 0 Å². The van der Waals surface area contributed by atoms with Crippen molar-refractivity contribution in [2.45, 2.75) is 12.6 Å². The molecule has 0 spiro atoms. The number of aromatic nitrogens is 1. The third-order valence-corrected chi connectivity index (χ3v) is 4.03. The summed E-state index contributed by atoms with van der Waals surface area (Å²) in [6, 6.07) is 8.62. The molecule has 0 amide bonds. The van der Waals surface area contributed by atoms with Crippen LogP contribution in [0.1, 0.15) is 5.56 Å². The molecule has 108 valence electrons. The number of hydrogen-bond donors (Lipinski definition) is 1. The van der Waals surface area contributed by atoms with Gasteiger partial charge in [-0.1, -0.05) is 18.2 Å². The second-order valence-electron chi connectivity index (χ2n) is 5.57. The first kappa shape index (κ1) is 13.6. The Bertz CT molecular complexity index is 576. The molecule has 0 saturated carbocycles. The van der Waals surface area contributed by atoms with Gasteiger partial charge in [0, 0.05) is 50.3 Å². The van der Waals surface area contributed by atoms with Gasteiger partial charge < -0.3 is 14.6 Å². The lowest BCUT2D eigenvalue weighted by atomic mass is 10.1. The van der Waals surface area contributed by atoms with E-state index >= 15 is 0 Å². The minimum atomic E-state index is 0.309. The minimum absolute atomic E-state index is 0.309. The van der Waals surface area contributed by atoms with E-state index in [1.165, 1.54) is 16.5 Å². The van der Waals surface area contributed by atoms with Crippen molar-refractivity contribution in [3.63, 3.8) is 0 Å². The quantitative estimate of drug-likeness (QED) is 0.917. The molecule has 1 aromatic heterocycles. The summed E-state index contributed by atoms with van der Waals surface area (Å²) in [5.74, 6) is 0. The highest BCUT2D eigenvalue weighted by Gasteiger charge is 2.20. The Morgan fingerprint density at radius 2 is 2.20 bits per heavy atom. The van der Waals surface area contributed by atoms with Crippen molar-refractivity contribution in [2.24, 2.45) is 7.05 Å². The number of benzene rings is 1. The van der Waals surface area contributed by atoms with Gasteiger partial charge in [-0.2, -0.15) is 0 Å². The third kappa shape index (κ3) is 2.73. The molecule has 4 heteroatoms. The molecule has 1 N–H and O–H groups in total. The number of fused-ring (bicyclic) bond motifs is 1. The predicted molar refractivity (Wildman–Crippen MR) is 81.9 cm³/mol. The molecule has 0 bridgehead atoms. The van der Waals surface area contributed by atoms with Crippen LogP contribution >= 0.6 is 0 Å². The molecule has 1 aliphatic heterocycles. The molecule has 2 heterocycles. The van der Waals surface area contributed by atoms with E-state index in [1.54, 1.807) is 0 Å². The fourth-order valence-corrected chi connectivity index (χ4v) is 3.07. The first-order valence-corrected chi connectivity index (χ1v) is 7.29. The summed E-state index contributed by atoms with van der Waals surface area (Å²) in [5.41, 5.74) is 2.72. The number of aryl methyl sites for hydroxylation is 1. The van der Waals surface area contributed by atoms with E-state index in [1.807, 2.05) is 7.05 Å². The lowest BCUT2D eigenvalue weighted by Crippen LogP contribution is -2.45. The van der Waals surface area contributed by atoms with Crippen molar-refractivity contribution in [3.8, 4) is 0 Å². The van der Waals surface area contributed by atoms with Gasteiger partial charge in [-0.05, 0) is 18.7 Å². The van der Waals surface area contributed by atoms with Crippen molar-refractivity contribution >= 4 is 10.9 Å². The van der Waals surface area contributed by atoms with Gasteiger partial charge in [-0.15, -0.1) is 0 Å². The first-order valence-electron chi connectivity index (χ1n) is 7.29. The van der Waals surface area contributed by atoms with Crippen molar-refractivity contribution < 1.29 is 4.74 Å². The van der Waals surface area contributed by atoms with Crippen LogP contribution in [0.25, 0.3) is 10.9 Å². The Balaban J connectivity index is 1.76. The van der Waals surface area contributed by atoms with Gasteiger partial charge in [-0.25, -0.2) is 0 Å². The van der Waals surface area contributed by atoms with Gasteiger partial charge in [-0.3, -0.25) is 4.90 Å². The summed E-state index contributed by atoms with van der Waals surface area (Å²) < 4.78 is 7.99. The Kier molecular flexibility index (Phi) is 4.05. The molecule has 1 aliphatic rings. The topological polar surface area (TPSA) is 29.4 Å². The van der Waals surface area contributed by atoms with Gasteiger partial charge in [0.15, 0.2) is 0 Å². The number of nitrogens with one attached hydrogen (secondary N) is 1. The van der Waals surface area contributed by atoms with Crippen LogP contribution in [-0.2, 0) is 18.3 Å². The average molecular weight is 273 g/mol. The Labute approximate surface area is 120 Å². The van der Waals surface area contributed by atoms with E-state index in [0.717, 1.165) is 32.8 Å². The van der Waals surface area contributed by atoms with E-state index in [4.69, 9.17) is 4.74 Å². The Hall–Kier alpha value is -1.36. The summed E-state index contributed by atoms with van der Waals surface area (Å²) in [6.07, 6.45) is 2.57. The van der Waals surface area contributed by atoms with Gasteiger partial charge in [0.2, 0.25) is 0 Å². The van der Waals surface area contributed by atoms with Gasteiger partial charge in [0.1, 0.15) is 0 Å². The van der Waals surface area contributed by atoms with Crippen LogP contribution in [0, 0.1) is 0 Å². The summed E-state index contributed by atoms with van der Waals surface area (Å²) in [6.45, 7) is 4.78. The molecule has 1 saturated heterocycles. The van der Waals surface area contributed by atoms with Gasteiger partial charge >= 0.3 is 0 Å². The van der Waals surface area contributed by atoms with Crippen LogP contribution in [0.2, 0.25) is 0 Å². The number of nitrogens with zero attached hydrogens (tertiary/aromatic N) is 2. The zero-order valence-electron chi connectivity index (χ0n) is 12.3. The van der Waals surface area contributed by atoms with Crippen LogP contribution in [-0.4, -0.2) is 48.9 Å². The van der Waals surface area contributed by atoms with Crippen LogP contribution < -0.4 is 5.32 Å². The molecule has 1 fully saturated rings. The zero-order valence-corrected chi connectivity index (χ0v) is 12.3. The lowest BCUT2D eigenvalue weighted by molar-refractivity contribution is -0.0290. The second-order valence-corrected chi connectivity index (χ2v) is 5.57. The molecule has 2 aromatic rings. The van der Waals surface area contributed by atoms with Crippen LogP contribution in [0.5, 0.6) is 0 Å². The average Bonchev–Trinajstić information content (AvgIpc) is 2.77. The van der Waals surface area contributed by atoms with Crippen LogP contribution in [0.15, 0.2) is 30.5 Å². The highest BCUT2D eigenvalue weighted by Crippen LogP contribution is 2.22. The lowest BCUT2D eigenvalue weighted by Gasteiger charge is -2.32. The number of morpholine rings is 1. The molecular weight excluding hydrogens is 250 g/mol. The molecule has 20 heavy (non-hydrogen) atoms. The zero-order chi connectivity index (χ0) is 13.9. The summed E-state index contributed by atoms with van der Waals surface area (Å²) in [7, 11) is 4.10. The second kappa shape index (κ2) is 5.95. The summed E-state index contributed by atoms with van der Waals surface area (Å²) in [4.78, 5) is 2.49.